The fraction of sp³-hybridized carbons (Fsp3) is 0.366. The number of amides is 1. The number of nitrogens with zero attached hydrogens (tertiary/aromatic N) is 3. The molecule has 2 fully saturated rings. The van der Waals surface area contributed by atoms with E-state index in [2.05, 4.69) is 39.6 Å². The molecule has 1 atom stereocenters. The molecule has 4 aromatic heterocycles. The van der Waals surface area contributed by atoms with Gasteiger partial charge in [-0.2, -0.15) is 0 Å². The molecule has 0 unspecified atom stereocenters. The monoisotopic (exact) mass is 721 g/mol. The first-order valence-corrected chi connectivity index (χ1v) is 19.2. The van der Waals surface area contributed by atoms with Crippen LogP contribution in [0.4, 0.5) is 8.78 Å². The lowest BCUT2D eigenvalue weighted by Gasteiger charge is -2.34. The molecular formula is C41H41F2N5O3S. The van der Waals surface area contributed by atoms with Gasteiger partial charge >= 0.3 is 0 Å². The van der Waals surface area contributed by atoms with Gasteiger partial charge in [0.05, 0.1) is 28.4 Å². The number of nitrogens with one attached hydrogen (secondary N) is 2. The predicted molar refractivity (Wildman–Crippen MR) is 202 cm³/mol. The van der Waals surface area contributed by atoms with E-state index in [1.165, 1.54) is 17.3 Å². The van der Waals surface area contributed by atoms with E-state index in [4.69, 9.17) is 9.72 Å². The lowest BCUT2D eigenvalue weighted by atomic mass is 9.75. The Labute approximate surface area is 304 Å². The van der Waals surface area contributed by atoms with E-state index in [9.17, 15) is 9.59 Å². The summed E-state index contributed by atoms with van der Waals surface area (Å²) in [5, 5.41) is 5.37. The Morgan fingerprint density at radius 2 is 1.81 bits per heavy atom. The molecule has 11 heteroatoms. The molecule has 52 heavy (non-hydrogen) atoms. The molecule has 0 bridgehead atoms. The summed E-state index contributed by atoms with van der Waals surface area (Å²) in [5.74, 6) is 0.560. The van der Waals surface area contributed by atoms with Crippen molar-refractivity contribution in [3.8, 4) is 5.75 Å². The molecule has 0 spiro atoms. The van der Waals surface area contributed by atoms with Crippen LogP contribution in [0.25, 0.3) is 32.8 Å². The minimum Gasteiger partial charge on any atom is -0.490 e. The Morgan fingerprint density at radius 3 is 2.56 bits per heavy atom. The molecule has 0 saturated heterocycles. The van der Waals surface area contributed by atoms with Gasteiger partial charge < -0.3 is 19.6 Å². The number of aryl methyl sites for hydroxylation is 1. The summed E-state index contributed by atoms with van der Waals surface area (Å²) < 4.78 is 38.2. The van der Waals surface area contributed by atoms with Crippen molar-refractivity contribution in [1.29, 1.82) is 0 Å². The van der Waals surface area contributed by atoms with Crippen molar-refractivity contribution in [2.24, 2.45) is 5.92 Å². The molecule has 8 rings (SSSR count). The smallest absolute Gasteiger partial charge is 0.279 e. The fourth-order valence-corrected chi connectivity index (χ4v) is 8.81. The van der Waals surface area contributed by atoms with Crippen molar-refractivity contribution in [2.75, 3.05) is 6.26 Å². The topological polar surface area (TPSA) is 102 Å². The second kappa shape index (κ2) is 14.0. The molecule has 2 saturated carbocycles. The third-order valence-electron chi connectivity index (χ3n) is 10.9. The van der Waals surface area contributed by atoms with Crippen LogP contribution in [-0.4, -0.2) is 37.8 Å². The molecule has 1 amide bonds. The van der Waals surface area contributed by atoms with Gasteiger partial charge in [0.2, 0.25) is 0 Å². The normalized spacial score (nSPS) is 18.3. The molecule has 2 aliphatic carbocycles. The molecule has 4 heterocycles. The van der Waals surface area contributed by atoms with Crippen LogP contribution in [-0.2, 0) is 6.54 Å². The van der Waals surface area contributed by atoms with Crippen LogP contribution in [0.2, 0.25) is 0 Å². The first-order chi connectivity index (χ1) is 25.2. The number of para-hydroxylation sites is 1. The number of aromatic amines is 1. The quantitative estimate of drug-likeness (QED) is 0.108. The maximum atomic E-state index is 15.2. The van der Waals surface area contributed by atoms with Crippen LogP contribution < -0.4 is 15.6 Å². The van der Waals surface area contributed by atoms with Crippen molar-refractivity contribution in [1.82, 2.24) is 24.8 Å². The Kier molecular flexibility index (Phi) is 9.23. The predicted octanol–water partition coefficient (Wildman–Crippen LogP) is 9.40. The van der Waals surface area contributed by atoms with Gasteiger partial charge in [0, 0.05) is 57.2 Å². The lowest BCUT2D eigenvalue weighted by molar-refractivity contribution is 0.0931. The number of halogens is 2. The van der Waals surface area contributed by atoms with Crippen molar-refractivity contribution >= 4 is 50.5 Å². The van der Waals surface area contributed by atoms with Gasteiger partial charge in [-0.1, -0.05) is 18.2 Å². The number of carbonyl (C=O) groups is 1. The number of rotatable bonds is 10. The molecule has 8 nitrogen and oxygen atoms in total. The second-order valence-electron chi connectivity index (χ2n) is 14.2. The van der Waals surface area contributed by atoms with Gasteiger partial charge in [0.15, 0.2) is 0 Å². The van der Waals surface area contributed by atoms with Gasteiger partial charge in [-0.3, -0.25) is 9.59 Å². The van der Waals surface area contributed by atoms with Crippen molar-refractivity contribution in [2.45, 2.75) is 88.3 Å². The van der Waals surface area contributed by atoms with E-state index in [1.54, 1.807) is 29.8 Å². The molecule has 0 radical (unpaired) electrons. The molecule has 0 aliphatic heterocycles. The van der Waals surface area contributed by atoms with Gasteiger partial charge in [0.25, 0.3) is 17.9 Å². The fourth-order valence-electron chi connectivity index (χ4n) is 8.10. The summed E-state index contributed by atoms with van der Waals surface area (Å²) in [6.07, 6.45) is 6.34. The first-order valence-electron chi connectivity index (χ1n) is 18.0. The average Bonchev–Trinajstić information content (AvgIpc) is 3.89. The summed E-state index contributed by atoms with van der Waals surface area (Å²) >= 11 is 1.40. The summed E-state index contributed by atoms with van der Waals surface area (Å²) in [7, 11) is 0. The van der Waals surface area contributed by atoms with Crippen molar-refractivity contribution < 1.29 is 18.3 Å². The van der Waals surface area contributed by atoms with Crippen LogP contribution in [0.15, 0.2) is 76.6 Å². The van der Waals surface area contributed by atoms with Crippen LogP contribution >= 0.6 is 11.8 Å². The van der Waals surface area contributed by atoms with E-state index >= 15 is 8.78 Å². The van der Waals surface area contributed by atoms with Crippen LogP contribution in [0, 0.1) is 12.8 Å². The van der Waals surface area contributed by atoms with Crippen LogP contribution in [0.5, 0.6) is 5.75 Å². The van der Waals surface area contributed by atoms with Gasteiger partial charge in [-0.15, -0.1) is 11.8 Å². The number of hydrogen-bond donors (Lipinski definition) is 2. The van der Waals surface area contributed by atoms with E-state index in [-0.39, 0.29) is 47.3 Å². The number of carbonyl (C=O) groups excluding carboxylic acids is 1. The Morgan fingerprint density at radius 1 is 1.02 bits per heavy atom. The average molecular weight is 722 g/mol. The maximum absolute atomic E-state index is 15.2. The highest BCUT2D eigenvalue weighted by Gasteiger charge is 2.35. The number of hydrogen-bond acceptors (Lipinski definition) is 6. The Bertz CT molecular complexity index is 2380. The zero-order valence-corrected chi connectivity index (χ0v) is 30.2. The number of thioether (sulfide) groups is 1. The number of benzene rings is 2. The number of ether oxygens (including phenoxy) is 1. The SMILES string of the molecule is CSc1cc(C)[nH]c(=O)c1CNC(=O)c1c(C(F)F)n([C@H](C)C2CCC(c3cc(OC4CC4)cc4nc5ccccc5cc34)CC2)c2ncccc12. The number of fused-ring (bicyclic) bond motifs is 3. The number of aromatic nitrogens is 4. The largest absolute Gasteiger partial charge is 0.490 e. The van der Waals surface area contributed by atoms with E-state index in [0.29, 0.717) is 22.3 Å². The lowest BCUT2D eigenvalue weighted by Crippen LogP contribution is -2.29. The molecular weight excluding hydrogens is 681 g/mol. The summed E-state index contributed by atoms with van der Waals surface area (Å²) in [4.78, 5) is 39.6. The highest BCUT2D eigenvalue weighted by molar-refractivity contribution is 7.98. The number of H-pyrrole nitrogens is 1. The first kappa shape index (κ1) is 34.3. The summed E-state index contributed by atoms with van der Waals surface area (Å²) in [5.41, 5.74) is 3.83. The molecule has 2 N–H and O–H groups in total. The van der Waals surface area contributed by atoms with E-state index < -0.39 is 12.3 Å². The van der Waals surface area contributed by atoms with Crippen molar-refractivity contribution in [3.63, 3.8) is 0 Å². The molecule has 2 aliphatic rings. The minimum atomic E-state index is -2.92. The second-order valence-corrected chi connectivity index (χ2v) is 15.1. The van der Waals surface area contributed by atoms with Crippen LogP contribution in [0.1, 0.15) is 96.7 Å². The third-order valence-corrected chi connectivity index (χ3v) is 11.7. The van der Waals surface area contributed by atoms with Gasteiger partial charge in [-0.25, -0.2) is 18.7 Å². The molecule has 268 valence electrons. The standard InChI is InChI=1S/C41H41F2N5O3S/c1-22-17-35(52-3)32(40(49)46-22)21-45-41(50)36-29-8-6-16-44-39(29)48(37(36)38(42)43)23(2)24-10-12-25(13-11-24)30-19-28(51-27-14-15-27)20-34-31(30)18-26-7-4-5-9-33(26)47-34/h4-9,16-20,23-25,27,38H,10-15,21H2,1-3H3,(H,45,50)(H,46,49)/t23-,24?,25?/m1/s1. The van der Waals surface area contributed by atoms with E-state index in [1.807, 2.05) is 37.4 Å². The third kappa shape index (κ3) is 6.44. The highest BCUT2D eigenvalue weighted by atomic mass is 32.2. The molecule has 6 aromatic rings. The minimum absolute atomic E-state index is 0.0906. The zero-order valence-electron chi connectivity index (χ0n) is 29.4. The summed E-state index contributed by atoms with van der Waals surface area (Å²) in [6.45, 7) is 3.67. The number of alkyl halides is 2. The van der Waals surface area contributed by atoms with Gasteiger partial charge in [-0.05, 0) is 112 Å². The zero-order chi connectivity index (χ0) is 36.1. The molecule has 2 aromatic carbocycles. The Balaban J connectivity index is 1.08. The van der Waals surface area contributed by atoms with Crippen molar-refractivity contribution in [3.05, 3.63) is 105 Å². The van der Waals surface area contributed by atoms with Crippen LogP contribution in [0.3, 0.4) is 0 Å². The summed E-state index contributed by atoms with van der Waals surface area (Å²) in [6, 6.07) is 19.5. The van der Waals surface area contributed by atoms with E-state index in [0.717, 1.165) is 71.0 Å². The number of pyridine rings is 3. The van der Waals surface area contributed by atoms with Gasteiger partial charge in [0.1, 0.15) is 11.4 Å². The maximum Gasteiger partial charge on any atom is 0.279 e. The highest BCUT2D eigenvalue weighted by Crippen LogP contribution is 2.46. The Hall–Kier alpha value is -4.77.